The maximum absolute atomic E-state index is 5.38. The first-order valence-corrected chi connectivity index (χ1v) is 6.33. The van der Waals surface area contributed by atoms with Gasteiger partial charge in [0.1, 0.15) is 10.4 Å². The van der Waals surface area contributed by atoms with Crippen molar-refractivity contribution in [3.05, 3.63) is 28.6 Å². The molecule has 0 spiro atoms. The zero-order valence-corrected chi connectivity index (χ0v) is 11.8. The first kappa shape index (κ1) is 12.4. The first-order valence-electron chi connectivity index (χ1n) is 5.54. The Bertz CT molecular complexity index is 524. The molecule has 0 saturated carbocycles. The molecule has 0 aliphatic heterocycles. The van der Waals surface area contributed by atoms with Gasteiger partial charge in [0.05, 0.1) is 12.6 Å². The third-order valence-electron chi connectivity index (χ3n) is 2.84. The van der Waals surface area contributed by atoms with Crippen LogP contribution in [0, 0.1) is 0 Å². The molecule has 92 valence electrons. The molecule has 5 heteroatoms. The lowest BCUT2D eigenvalue weighted by atomic mass is 10.2. The van der Waals surface area contributed by atoms with Crippen LogP contribution < -0.4 is 10.1 Å². The van der Waals surface area contributed by atoms with Crippen LogP contribution in [-0.2, 0) is 6.42 Å². The largest absolute Gasteiger partial charge is 0.482 e. The monoisotopic (exact) mass is 297 g/mol. The number of nitrogens with one attached hydrogen (secondary N) is 1. The minimum absolute atomic E-state index is 0.373. The number of aromatic nitrogens is 2. The van der Waals surface area contributed by atoms with Crippen molar-refractivity contribution in [2.75, 3.05) is 14.2 Å². The summed E-state index contributed by atoms with van der Waals surface area (Å²) in [7, 11) is 3.63. The first-order chi connectivity index (χ1) is 8.17. The molecule has 0 amide bonds. The summed E-state index contributed by atoms with van der Waals surface area (Å²) in [4.78, 5) is 4.55. The number of nitrogens with zero attached hydrogens (tertiary/aromatic N) is 2. The van der Waals surface area contributed by atoms with E-state index in [4.69, 9.17) is 4.74 Å². The normalized spacial score (nSPS) is 12.9. The SMILES string of the molecule is CNC(C)Cc1nc(Br)c2cccc(OC)n12. The smallest absolute Gasteiger partial charge is 0.199 e. The number of ether oxygens (including phenoxy) is 1. The second-order valence-corrected chi connectivity index (χ2v) is 4.75. The molecule has 0 radical (unpaired) electrons. The van der Waals surface area contributed by atoms with Gasteiger partial charge in [-0.3, -0.25) is 4.40 Å². The minimum Gasteiger partial charge on any atom is -0.482 e. The highest BCUT2D eigenvalue weighted by Crippen LogP contribution is 2.24. The summed E-state index contributed by atoms with van der Waals surface area (Å²) in [6, 6.07) is 6.30. The van der Waals surface area contributed by atoms with Gasteiger partial charge >= 0.3 is 0 Å². The molecule has 2 aromatic heterocycles. The van der Waals surface area contributed by atoms with Crippen molar-refractivity contribution in [1.29, 1.82) is 0 Å². The van der Waals surface area contributed by atoms with E-state index >= 15 is 0 Å². The van der Waals surface area contributed by atoms with E-state index in [1.165, 1.54) is 0 Å². The van der Waals surface area contributed by atoms with E-state index in [1.807, 2.05) is 29.6 Å². The molecule has 1 atom stereocenters. The second-order valence-electron chi connectivity index (χ2n) is 4.00. The van der Waals surface area contributed by atoms with Gasteiger partial charge in [-0.25, -0.2) is 4.98 Å². The van der Waals surface area contributed by atoms with E-state index in [0.29, 0.717) is 6.04 Å². The van der Waals surface area contributed by atoms with Crippen molar-refractivity contribution in [2.45, 2.75) is 19.4 Å². The molecular formula is C12H16BrN3O. The maximum Gasteiger partial charge on any atom is 0.199 e. The summed E-state index contributed by atoms with van der Waals surface area (Å²) in [6.07, 6.45) is 0.851. The number of fused-ring (bicyclic) bond motifs is 1. The van der Waals surface area contributed by atoms with E-state index in [2.05, 4.69) is 33.2 Å². The van der Waals surface area contributed by atoms with Crippen molar-refractivity contribution in [2.24, 2.45) is 0 Å². The minimum atomic E-state index is 0.373. The number of methoxy groups -OCH3 is 1. The van der Waals surface area contributed by atoms with E-state index < -0.39 is 0 Å². The van der Waals surface area contributed by atoms with Crippen LogP contribution in [0.1, 0.15) is 12.7 Å². The Hall–Kier alpha value is -1.07. The molecule has 1 unspecified atom stereocenters. The van der Waals surface area contributed by atoms with Crippen LogP contribution in [0.15, 0.2) is 22.8 Å². The second kappa shape index (κ2) is 5.06. The van der Waals surface area contributed by atoms with Crippen molar-refractivity contribution in [3.63, 3.8) is 0 Å². The molecular weight excluding hydrogens is 282 g/mol. The number of hydrogen-bond acceptors (Lipinski definition) is 3. The fraction of sp³-hybridized carbons (Fsp3) is 0.417. The molecule has 2 rings (SSSR count). The topological polar surface area (TPSA) is 38.6 Å². The van der Waals surface area contributed by atoms with E-state index in [1.54, 1.807) is 7.11 Å². The number of halogens is 1. The Kier molecular flexibility index (Phi) is 3.69. The summed E-state index contributed by atoms with van der Waals surface area (Å²) in [5, 5.41) is 3.22. The quantitative estimate of drug-likeness (QED) is 0.941. The van der Waals surface area contributed by atoms with Crippen LogP contribution in [0.5, 0.6) is 5.88 Å². The summed E-state index contributed by atoms with van der Waals surface area (Å²) < 4.78 is 8.27. The average Bonchev–Trinajstić information content (AvgIpc) is 2.66. The number of likely N-dealkylation sites (N-methyl/N-ethyl adjacent to an activating group) is 1. The van der Waals surface area contributed by atoms with Gasteiger partial charge in [0, 0.05) is 12.5 Å². The third-order valence-corrected chi connectivity index (χ3v) is 3.43. The van der Waals surface area contributed by atoms with Crippen molar-refractivity contribution in [3.8, 4) is 5.88 Å². The van der Waals surface area contributed by atoms with Crippen LogP contribution in [-0.4, -0.2) is 29.6 Å². The van der Waals surface area contributed by atoms with Gasteiger partial charge in [-0.2, -0.15) is 0 Å². The molecule has 0 aliphatic rings. The Labute approximate surface area is 109 Å². The fourth-order valence-electron chi connectivity index (χ4n) is 1.81. The predicted octanol–water partition coefficient (Wildman–Crippen LogP) is 2.26. The van der Waals surface area contributed by atoms with E-state index in [9.17, 15) is 0 Å². The number of imidazole rings is 1. The Balaban J connectivity index is 2.55. The molecule has 0 bridgehead atoms. The van der Waals surface area contributed by atoms with Crippen molar-refractivity contribution >= 4 is 21.4 Å². The summed E-state index contributed by atoms with van der Waals surface area (Å²) in [6.45, 7) is 2.13. The molecule has 0 fully saturated rings. The predicted molar refractivity (Wildman–Crippen MR) is 71.7 cm³/mol. The zero-order chi connectivity index (χ0) is 12.4. The lowest BCUT2D eigenvalue weighted by Crippen LogP contribution is -2.24. The van der Waals surface area contributed by atoms with Gasteiger partial charge in [-0.05, 0) is 42.0 Å². The van der Waals surface area contributed by atoms with Gasteiger partial charge < -0.3 is 10.1 Å². The van der Waals surface area contributed by atoms with Crippen LogP contribution in [0.3, 0.4) is 0 Å². The number of pyridine rings is 1. The molecule has 2 aromatic rings. The van der Waals surface area contributed by atoms with E-state index in [0.717, 1.165) is 28.2 Å². The standard InChI is InChI=1S/C12H16BrN3O/c1-8(14-2)7-10-15-12(13)9-5-4-6-11(17-3)16(9)10/h4-6,8,14H,7H2,1-3H3. The van der Waals surface area contributed by atoms with Gasteiger partial charge in [0.15, 0.2) is 5.88 Å². The highest BCUT2D eigenvalue weighted by atomic mass is 79.9. The van der Waals surface area contributed by atoms with Crippen LogP contribution in [0.2, 0.25) is 0 Å². The fourth-order valence-corrected chi connectivity index (χ4v) is 2.32. The summed E-state index contributed by atoms with van der Waals surface area (Å²) >= 11 is 3.49. The third kappa shape index (κ3) is 2.30. The van der Waals surface area contributed by atoms with E-state index in [-0.39, 0.29) is 0 Å². The van der Waals surface area contributed by atoms with Crippen LogP contribution in [0.25, 0.3) is 5.52 Å². The molecule has 0 aromatic carbocycles. The molecule has 0 saturated heterocycles. The highest BCUT2D eigenvalue weighted by Gasteiger charge is 2.14. The maximum atomic E-state index is 5.38. The molecule has 17 heavy (non-hydrogen) atoms. The molecule has 1 N–H and O–H groups in total. The van der Waals surface area contributed by atoms with Gasteiger partial charge in [-0.1, -0.05) is 6.07 Å². The number of rotatable bonds is 4. The van der Waals surface area contributed by atoms with Crippen LogP contribution in [0.4, 0.5) is 0 Å². The Morgan fingerprint density at radius 2 is 2.29 bits per heavy atom. The van der Waals surface area contributed by atoms with Gasteiger partial charge in [-0.15, -0.1) is 0 Å². The van der Waals surface area contributed by atoms with Crippen LogP contribution >= 0.6 is 15.9 Å². The summed E-state index contributed by atoms with van der Waals surface area (Å²) in [5.41, 5.74) is 1.03. The zero-order valence-electron chi connectivity index (χ0n) is 10.2. The highest BCUT2D eigenvalue weighted by molar-refractivity contribution is 9.10. The average molecular weight is 298 g/mol. The molecule has 0 aliphatic carbocycles. The lowest BCUT2D eigenvalue weighted by Gasteiger charge is -2.11. The van der Waals surface area contributed by atoms with Gasteiger partial charge in [0.2, 0.25) is 0 Å². The molecule has 2 heterocycles. The summed E-state index contributed by atoms with van der Waals surface area (Å²) in [5.74, 6) is 1.80. The van der Waals surface area contributed by atoms with Gasteiger partial charge in [0.25, 0.3) is 0 Å². The Morgan fingerprint density at radius 1 is 1.53 bits per heavy atom. The van der Waals surface area contributed by atoms with Crippen molar-refractivity contribution < 1.29 is 4.74 Å². The number of hydrogen-bond donors (Lipinski definition) is 1. The van der Waals surface area contributed by atoms with Crippen molar-refractivity contribution in [1.82, 2.24) is 14.7 Å². The molecule has 4 nitrogen and oxygen atoms in total. The lowest BCUT2D eigenvalue weighted by molar-refractivity contribution is 0.389. The Morgan fingerprint density at radius 3 is 2.94 bits per heavy atom.